The van der Waals surface area contributed by atoms with Gasteiger partial charge in [-0.15, -0.1) is 0 Å². The molecule has 1 amide bonds. The quantitative estimate of drug-likeness (QED) is 0.839. The van der Waals surface area contributed by atoms with Crippen LogP contribution in [0.1, 0.15) is 66.2 Å². The molecule has 0 saturated heterocycles. The molecule has 3 nitrogen and oxygen atoms in total. The summed E-state index contributed by atoms with van der Waals surface area (Å²) in [5.41, 5.74) is 0.335. The Hall–Kier alpha value is -0.570. The maximum absolute atomic E-state index is 12.3. The van der Waals surface area contributed by atoms with E-state index in [1.165, 1.54) is 38.5 Å². The molecule has 2 rings (SSSR count). The van der Waals surface area contributed by atoms with Crippen molar-refractivity contribution in [3.63, 3.8) is 0 Å². The molecule has 0 aromatic carbocycles. The molecule has 20 heavy (non-hydrogen) atoms. The summed E-state index contributed by atoms with van der Waals surface area (Å²) in [6.07, 6.45) is 7.58. The summed E-state index contributed by atoms with van der Waals surface area (Å²) < 4.78 is 0. The number of rotatable bonds is 5. The van der Waals surface area contributed by atoms with E-state index in [2.05, 4.69) is 37.9 Å². The predicted molar refractivity (Wildman–Crippen MR) is 83.6 cm³/mol. The lowest BCUT2D eigenvalue weighted by molar-refractivity contribution is -0.130. The molecule has 1 N–H and O–H groups in total. The minimum Gasteiger partial charge on any atom is -0.339 e. The first kappa shape index (κ1) is 15.8. The van der Waals surface area contributed by atoms with Crippen molar-refractivity contribution in [2.24, 2.45) is 11.3 Å². The molecule has 2 aliphatic carbocycles. The maximum Gasteiger partial charge on any atom is 0.236 e. The van der Waals surface area contributed by atoms with Gasteiger partial charge in [0.2, 0.25) is 5.91 Å². The smallest absolute Gasteiger partial charge is 0.236 e. The number of amides is 1. The molecule has 3 heteroatoms. The number of hydrogen-bond acceptors (Lipinski definition) is 2. The molecule has 116 valence electrons. The molecule has 0 aromatic heterocycles. The highest BCUT2D eigenvalue weighted by molar-refractivity contribution is 5.78. The lowest BCUT2D eigenvalue weighted by atomic mass is 9.69. The molecule has 0 aliphatic heterocycles. The van der Waals surface area contributed by atoms with Gasteiger partial charge >= 0.3 is 0 Å². The van der Waals surface area contributed by atoms with Gasteiger partial charge in [-0.1, -0.05) is 33.6 Å². The monoisotopic (exact) mass is 280 g/mol. The largest absolute Gasteiger partial charge is 0.339 e. The van der Waals surface area contributed by atoms with Crippen molar-refractivity contribution in [1.29, 1.82) is 0 Å². The summed E-state index contributed by atoms with van der Waals surface area (Å²) in [6, 6.07) is 1.06. The topological polar surface area (TPSA) is 32.3 Å². The molecule has 2 atom stereocenters. The second-order valence-electron chi connectivity index (χ2n) is 7.66. The van der Waals surface area contributed by atoms with E-state index < -0.39 is 0 Å². The van der Waals surface area contributed by atoms with Crippen LogP contribution < -0.4 is 5.32 Å². The van der Waals surface area contributed by atoms with Crippen LogP contribution in [-0.4, -0.2) is 36.0 Å². The Bertz CT molecular complexity index is 330. The van der Waals surface area contributed by atoms with E-state index in [-0.39, 0.29) is 0 Å². The van der Waals surface area contributed by atoms with Gasteiger partial charge in [0.25, 0.3) is 0 Å². The van der Waals surface area contributed by atoms with E-state index in [4.69, 9.17) is 0 Å². The molecule has 2 unspecified atom stereocenters. The fraction of sp³-hybridized carbons (Fsp3) is 0.941. The summed E-state index contributed by atoms with van der Waals surface area (Å²) in [7, 11) is 0. The first-order chi connectivity index (χ1) is 9.43. The highest BCUT2D eigenvalue weighted by atomic mass is 16.2. The maximum atomic E-state index is 12.3. The van der Waals surface area contributed by atoms with Crippen LogP contribution in [-0.2, 0) is 4.79 Å². The van der Waals surface area contributed by atoms with Crippen molar-refractivity contribution >= 4 is 5.91 Å². The van der Waals surface area contributed by atoms with E-state index in [0.717, 1.165) is 6.54 Å². The zero-order valence-corrected chi connectivity index (χ0v) is 13.7. The number of carbonyl (C=O) groups excluding carboxylic acids is 1. The Morgan fingerprint density at radius 3 is 2.35 bits per heavy atom. The van der Waals surface area contributed by atoms with Gasteiger partial charge in [-0.05, 0) is 43.9 Å². The molecule has 0 bridgehead atoms. The predicted octanol–water partition coefficient (Wildman–Crippen LogP) is 3.19. The summed E-state index contributed by atoms with van der Waals surface area (Å²) in [5.74, 6) is 0.994. The van der Waals surface area contributed by atoms with Gasteiger partial charge in [-0.2, -0.15) is 0 Å². The van der Waals surface area contributed by atoms with Crippen molar-refractivity contribution in [2.45, 2.75) is 78.3 Å². The van der Waals surface area contributed by atoms with Crippen LogP contribution in [0.25, 0.3) is 0 Å². The minimum atomic E-state index is 0.299. The van der Waals surface area contributed by atoms with Crippen LogP contribution in [0.15, 0.2) is 0 Å². The van der Waals surface area contributed by atoms with Crippen LogP contribution in [0.2, 0.25) is 0 Å². The number of carbonyl (C=O) groups is 1. The van der Waals surface area contributed by atoms with Crippen LogP contribution in [0.4, 0.5) is 0 Å². The highest BCUT2D eigenvalue weighted by Crippen LogP contribution is 2.38. The third-order valence-corrected chi connectivity index (χ3v) is 5.04. The standard InChI is InChI=1S/C17H32N2O/c1-5-19(13-10-11-13)16(20)12-18-15-9-7-6-8-14(15)17(2,3)4/h13-15,18H,5-12H2,1-4H3. The Balaban J connectivity index is 1.86. The van der Waals surface area contributed by atoms with Crippen molar-refractivity contribution in [2.75, 3.05) is 13.1 Å². The van der Waals surface area contributed by atoms with Crippen molar-refractivity contribution < 1.29 is 4.79 Å². The van der Waals surface area contributed by atoms with E-state index in [9.17, 15) is 4.79 Å². The molecule has 2 saturated carbocycles. The highest BCUT2D eigenvalue weighted by Gasteiger charge is 2.35. The molecule has 2 fully saturated rings. The zero-order chi connectivity index (χ0) is 14.8. The van der Waals surface area contributed by atoms with Crippen molar-refractivity contribution in [3.05, 3.63) is 0 Å². The van der Waals surface area contributed by atoms with Crippen LogP contribution in [0.5, 0.6) is 0 Å². The SMILES string of the molecule is CCN(C(=O)CNC1CCCCC1C(C)(C)C)C1CC1. The Labute approximate surface area is 124 Å². The molecular weight excluding hydrogens is 248 g/mol. The van der Waals surface area contributed by atoms with Gasteiger partial charge in [0.15, 0.2) is 0 Å². The van der Waals surface area contributed by atoms with Gasteiger partial charge in [-0.3, -0.25) is 4.79 Å². The third-order valence-electron chi connectivity index (χ3n) is 5.04. The Morgan fingerprint density at radius 2 is 1.80 bits per heavy atom. The number of likely N-dealkylation sites (N-methyl/N-ethyl adjacent to an activating group) is 1. The van der Waals surface area contributed by atoms with E-state index >= 15 is 0 Å². The van der Waals surface area contributed by atoms with Gasteiger partial charge in [-0.25, -0.2) is 0 Å². The van der Waals surface area contributed by atoms with Crippen molar-refractivity contribution in [3.8, 4) is 0 Å². The minimum absolute atomic E-state index is 0.299. The number of nitrogens with zero attached hydrogens (tertiary/aromatic N) is 1. The van der Waals surface area contributed by atoms with Gasteiger partial charge in [0.05, 0.1) is 6.54 Å². The summed E-state index contributed by atoms with van der Waals surface area (Å²) in [4.78, 5) is 14.4. The van der Waals surface area contributed by atoms with Crippen LogP contribution in [0, 0.1) is 11.3 Å². The lowest BCUT2D eigenvalue weighted by Crippen LogP contribution is -2.48. The third kappa shape index (κ3) is 3.97. The molecule has 2 aliphatic rings. The molecule has 0 spiro atoms. The average Bonchev–Trinajstić information content (AvgIpc) is 3.21. The Kier molecular flexibility index (Phi) is 5.11. The van der Waals surface area contributed by atoms with E-state index in [1.807, 2.05) is 0 Å². The first-order valence-corrected chi connectivity index (χ1v) is 8.46. The fourth-order valence-electron chi connectivity index (χ4n) is 3.76. The second kappa shape index (κ2) is 6.46. The second-order valence-corrected chi connectivity index (χ2v) is 7.66. The summed E-state index contributed by atoms with van der Waals surface area (Å²) >= 11 is 0. The number of nitrogens with one attached hydrogen (secondary N) is 1. The first-order valence-electron chi connectivity index (χ1n) is 8.46. The molecule has 0 heterocycles. The fourth-order valence-corrected chi connectivity index (χ4v) is 3.76. The van der Waals surface area contributed by atoms with E-state index in [0.29, 0.717) is 35.9 Å². The molecule has 0 radical (unpaired) electrons. The van der Waals surface area contributed by atoms with Gasteiger partial charge in [0.1, 0.15) is 0 Å². The lowest BCUT2D eigenvalue weighted by Gasteiger charge is -2.41. The normalized spacial score (nSPS) is 27.4. The average molecular weight is 280 g/mol. The molecular formula is C17H32N2O. The zero-order valence-electron chi connectivity index (χ0n) is 13.7. The summed E-state index contributed by atoms with van der Waals surface area (Å²) in [6.45, 7) is 10.5. The summed E-state index contributed by atoms with van der Waals surface area (Å²) in [5, 5.41) is 3.58. The molecule has 0 aromatic rings. The van der Waals surface area contributed by atoms with Crippen LogP contribution >= 0.6 is 0 Å². The van der Waals surface area contributed by atoms with Gasteiger partial charge < -0.3 is 10.2 Å². The number of hydrogen-bond donors (Lipinski definition) is 1. The van der Waals surface area contributed by atoms with Gasteiger partial charge in [0, 0.05) is 18.6 Å². The van der Waals surface area contributed by atoms with Crippen LogP contribution in [0.3, 0.4) is 0 Å². The van der Waals surface area contributed by atoms with Crippen molar-refractivity contribution in [1.82, 2.24) is 10.2 Å². The Morgan fingerprint density at radius 1 is 1.15 bits per heavy atom. The van der Waals surface area contributed by atoms with E-state index in [1.54, 1.807) is 0 Å².